The van der Waals surface area contributed by atoms with Crippen LogP contribution in [0.4, 0.5) is 5.82 Å². The number of nitrogens with zero attached hydrogens (tertiary/aromatic N) is 3. The number of aromatic amines is 1. The summed E-state index contributed by atoms with van der Waals surface area (Å²) in [5, 5.41) is 12.5. The molecule has 5 N–H and O–H groups in total. The maximum atomic E-state index is 5.74. The van der Waals surface area contributed by atoms with Crippen LogP contribution < -0.4 is 62.9 Å². The van der Waals surface area contributed by atoms with Gasteiger partial charge in [0.15, 0.2) is 0 Å². The number of hydrogen-bond acceptors (Lipinski definition) is 4. The smallest absolute Gasteiger partial charge is 0.382 e. The predicted molar refractivity (Wildman–Crippen MR) is 107 cm³/mol. The second-order valence-corrected chi connectivity index (χ2v) is 4.94. The molecular formula is C19H27KN6. The largest absolute Gasteiger partial charge is 1.00 e. The summed E-state index contributed by atoms with van der Waals surface area (Å²) in [7, 11) is 1.50. The van der Waals surface area contributed by atoms with E-state index in [1.165, 1.54) is 18.2 Å². The Bertz CT molecular complexity index is 942. The van der Waals surface area contributed by atoms with Gasteiger partial charge in [0, 0.05) is 17.6 Å². The van der Waals surface area contributed by atoms with Gasteiger partial charge >= 0.3 is 51.4 Å². The number of nitrogens with two attached hydrogens (primary N) is 2. The molecule has 0 amide bonds. The maximum absolute atomic E-state index is 5.74. The molecule has 6 nitrogen and oxygen atoms in total. The van der Waals surface area contributed by atoms with Crippen LogP contribution >= 0.6 is 0 Å². The Morgan fingerprint density at radius 3 is 2.46 bits per heavy atom. The Labute approximate surface area is 197 Å². The molecule has 0 saturated carbocycles. The molecule has 7 heteroatoms. The van der Waals surface area contributed by atoms with Crippen molar-refractivity contribution >= 4 is 22.2 Å². The minimum Gasteiger partial charge on any atom is -0.382 e. The van der Waals surface area contributed by atoms with Gasteiger partial charge in [0.2, 0.25) is 0 Å². The predicted octanol–water partition coefficient (Wildman–Crippen LogP) is 0.824. The summed E-state index contributed by atoms with van der Waals surface area (Å²) in [5.41, 5.74) is 15.8. The summed E-state index contributed by atoms with van der Waals surface area (Å²) in [4.78, 5) is 0. The van der Waals surface area contributed by atoms with Crippen LogP contribution in [0.25, 0.3) is 27.5 Å². The second kappa shape index (κ2) is 11.5. The number of aromatic nitrogens is 4. The summed E-state index contributed by atoms with van der Waals surface area (Å²) >= 11 is 0. The fraction of sp³-hybridized carbons (Fsp3) is 0.211. The maximum Gasteiger partial charge on any atom is 1.00 e. The molecule has 4 rings (SSSR count). The average Bonchev–Trinajstić information content (AvgIpc) is 3.23. The number of rotatable bonds is 1. The number of benzene rings is 1. The Kier molecular flexibility index (Phi) is 10.9. The Hall–Kier alpha value is -1.22. The van der Waals surface area contributed by atoms with Crippen LogP contribution in [-0.4, -0.2) is 26.9 Å². The van der Waals surface area contributed by atoms with Gasteiger partial charge in [-0.1, -0.05) is 19.9 Å². The molecule has 0 radical (unpaired) electrons. The topological polar surface area (TPSA) is 98.0 Å². The van der Waals surface area contributed by atoms with Crippen molar-refractivity contribution in [3.8, 4) is 11.1 Å². The van der Waals surface area contributed by atoms with Gasteiger partial charge in [0.25, 0.3) is 0 Å². The molecule has 1 aromatic carbocycles. The zero-order valence-corrected chi connectivity index (χ0v) is 19.7. The number of anilines is 1. The van der Waals surface area contributed by atoms with E-state index < -0.39 is 0 Å². The molecule has 0 spiro atoms. The molecule has 4 aromatic rings. The Morgan fingerprint density at radius 2 is 1.77 bits per heavy atom. The van der Waals surface area contributed by atoms with Gasteiger partial charge < -0.3 is 18.9 Å². The average molecular weight is 379 g/mol. The molecule has 0 saturated heterocycles. The molecule has 0 aliphatic carbocycles. The fourth-order valence-electron chi connectivity index (χ4n) is 2.68. The quantitative estimate of drug-likeness (QED) is 0.337. The van der Waals surface area contributed by atoms with Crippen molar-refractivity contribution < 1.29 is 51.4 Å². The first kappa shape index (κ1) is 24.8. The van der Waals surface area contributed by atoms with Crippen LogP contribution in [0.15, 0.2) is 42.7 Å². The summed E-state index contributed by atoms with van der Waals surface area (Å²) in [5.74, 6) is 0.528. The Morgan fingerprint density at radius 1 is 1.08 bits per heavy atom. The van der Waals surface area contributed by atoms with Crippen LogP contribution in [0, 0.1) is 14.4 Å². The van der Waals surface area contributed by atoms with E-state index >= 15 is 0 Å². The minimum atomic E-state index is 0. The van der Waals surface area contributed by atoms with Gasteiger partial charge in [-0.2, -0.15) is 10.2 Å². The summed E-state index contributed by atoms with van der Waals surface area (Å²) in [6.07, 6.45) is 3.80. The van der Waals surface area contributed by atoms with E-state index in [2.05, 4.69) is 46.2 Å². The first-order valence-electron chi connectivity index (χ1n) is 7.98. The van der Waals surface area contributed by atoms with Crippen molar-refractivity contribution in [2.75, 3.05) is 12.8 Å². The van der Waals surface area contributed by atoms with E-state index in [1.807, 2.05) is 38.4 Å². The summed E-state index contributed by atoms with van der Waals surface area (Å²) in [6.45, 7) is 6.11. The minimum absolute atomic E-state index is 0. The summed E-state index contributed by atoms with van der Waals surface area (Å²) < 4.78 is 1.78. The van der Waals surface area contributed by atoms with Crippen molar-refractivity contribution in [3.05, 3.63) is 55.7 Å². The van der Waals surface area contributed by atoms with E-state index in [0.717, 1.165) is 22.0 Å². The number of fused-ring (bicyclic) bond motifs is 2. The molecule has 3 heterocycles. The van der Waals surface area contributed by atoms with E-state index in [-0.39, 0.29) is 58.8 Å². The number of nitrogen functional groups attached to an aromatic ring is 1. The van der Waals surface area contributed by atoms with E-state index in [0.29, 0.717) is 5.82 Å². The molecule has 0 fully saturated rings. The van der Waals surface area contributed by atoms with Crippen molar-refractivity contribution in [1.29, 1.82) is 0 Å². The number of nitrogens with one attached hydrogen (secondary N) is 1. The molecule has 0 unspecified atom stereocenters. The van der Waals surface area contributed by atoms with Gasteiger partial charge in [-0.3, -0.25) is 5.10 Å². The normalized spacial score (nSPS) is 9.27. The first-order chi connectivity index (χ1) is 11.7. The third kappa shape index (κ3) is 4.94. The molecule has 134 valence electrons. The molecule has 0 atom stereocenters. The van der Waals surface area contributed by atoms with E-state index in [4.69, 9.17) is 5.73 Å². The second-order valence-electron chi connectivity index (χ2n) is 4.94. The van der Waals surface area contributed by atoms with Crippen molar-refractivity contribution in [1.82, 2.24) is 19.8 Å². The zero-order chi connectivity index (χ0) is 17.7. The van der Waals surface area contributed by atoms with E-state index in [9.17, 15) is 0 Å². The molecule has 0 bridgehead atoms. The first-order valence-corrected chi connectivity index (χ1v) is 7.98. The molecule has 0 aliphatic rings. The molecule has 3 aromatic heterocycles. The Balaban J connectivity index is 0.000000979. The standard InChI is InChI=1S/C15H13N5.C2H6.CH5N.CH3.K/c1-9-2-3-13-12(8-17-18-13)15(9)10-4-5-20-11(6-10)7-14(16)19-20;2*1-2;;/h2-8H,1H3,(H2,16,19)(H,17,18);1-2H3;2H2,1H3;1H3;/q;;;-1;+1. The van der Waals surface area contributed by atoms with E-state index in [1.54, 1.807) is 4.52 Å². The van der Waals surface area contributed by atoms with Gasteiger partial charge in [-0.05, 0) is 48.9 Å². The number of H-pyrrole nitrogens is 1. The van der Waals surface area contributed by atoms with Crippen LogP contribution in [0.1, 0.15) is 19.4 Å². The van der Waals surface area contributed by atoms with Crippen LogP contribution in [0.3, 0.4) is 0 Å². The van der Waals surface area contributed by atoms with Crippen LogP contribution in [0.5, 0.6) is 0 Å². The van der Waals surface area contributed by atoms with Crippen LogP contribution in [0.2, 0.25) is 0 Å². The molecular weight excluding hydrogens is 351 g/mol. The van der Waals surface area contributed by atoms with Gasteiger partial charge in [0.05, 0.1) is 17.2 Å². The zero-order valence-electron chi connectivity index (χ0n) is 16.5. The SMILES string of the molecule is CC.CN.Cc1ccc2[nH]ncc2c1-c1ccn2nc(N)cc2c1.[CH3-].[K+]. The number of pyridine rings is 1. The third-order valence-corrected chi connectivity index (χ3v) is 3.60. The fourth-order valence-corrected chi connectivity index (χ4v) is 2.68. The van der Waals surface area contributed by atoms with Crippen molar-refractivity contribution in [2.45, 2.75) is 20.8 Å². The van der Waals surface area contributed by atoms with Gasteiger partial charge in [-0.15, -0.1) is 0 Å². The number of aryl methyl sites for hydroxylation is 1. The molecule has 26 heavy (non-hydrogen) atoms. The van der Waals surface area contributed by atoms with Crippen molar-refractivity contribution in [3.63, 3.8) is 0 Å². The molecule has 0 aliphatic heterocycles. The van der Waals surface area contributed by atoms with Crippen LogP contribution in [-0.2, 0) is 0 Å². The van der Waals surface area contributed by atoms with Crippen molar-refractivity contribution in [2.24, 2.45) is 5.73 Å². The van der Waals surface area contributed by atoms with Gasteiger partial charge in [0.1, 0.15) is 5.82 Å². The van der Waals surface area contributed by atoms with Gasteiger partial charge in [-0.25, -0.2) is 4.52 Å². The summed E-state index contributed by atoms with van der Waals surface area (Å²) in [6, 6.07) is 10.2. The number of hydrogen-bond donors (Lipinski definition) is 3. The third-order valence-electron chi connectivity index (χ3n) is 3.60. The monoisotopic (exact) mass is 378 g/mol.